The molecule has 3 atom stereocenters. The maximum absolute atomic E-state index is 13.0. The van der Waals surface area contributed by atoms with E-state index in [2.05, 4.69) is 34.9 Å². The van der Waals surface area contributed by atoms with Crippen LogP contribution in [-0.4, -0.2) is 41.8 Å². The Hall–Kier alpha value is -3.35. The second kappa shape index (κ2) is 9.87. The van der Waals surface area contributed by atoms with Gasteiger partial charge in [0.2, 0.25) is 5.91 Å². The Labute approximate surface area is 199 Å². The van der Waals surface area contributed by atoms with Crippen LogP contribution in [0.2, 0.25) is 0 Å². The van der Waals surface area contributed by atoms with Crippen molar-refractivity contribution in [2.24, 2.45) is 5.41 Å². The van der Waals surface area contributed by atoms with Gasteiger partial charge in [-0.05, 0) is 48.9 Å². The zero-order valence-corrected chi connectivity index (χ0v) is 19.7. The molecule has 2 aliphatic rings. The highest BCUT2D eigenvalue weighted by molar-refractivity contribution is 5.85. The quantitative estimate of drug-likeness (QED) is 0.561. The third kappa shape index (κ3) is 4.79. The van der Waals surface area contributed by atoms with E-state index in [4.69, 9.17) is 9.84 Å². The number of hydrogen-bond donors (Lipinski definition) is 3. The number of alkyl carbamates (subject to hydrolysis) is 1. The van der Waals surface area contributed by atoms with Crippen LogP contribution >= 0.6 is 0 Å². The van der Waals surface area contributed by atoms with Gasteiger partial charge in [0, 0.05) is 18.0 Å². The number of carbonyl (C=O) groups is 3. The molecule has 0 spiro atoms. The molecule has 4 rings (SSSR count). The molecule has 7 nitrogen and oxygen atoms in total. The topological polar surface area (TPSA) is 105 Å². The minimum atomic E-state index is -0.963. The standard InChI is InChI=1S/C27H32N2O5/c1-17(15-24(30)31)28-25(32)27(2)14-8-7-13-23(27)29-26(33)34-16-22-20-11-5-3-9-18(20)19-10-4-6-12-21(19)22/h3-6,9-12,17,22-23H,7-8,13-16H2,1-2H3,(H,28,32)(H,29,33)(H,30,31)/t17-,23?,27?/m1/s1. The largest absolute Gasteiger partial charge is 0.481 e. The summed E-state index contributed by atoms with van der Waals surface area (Å²) in [7, 11) is 0. The molecule has 0 bridgehead atoms. The predicted molar refractivity (Wildman–Crippen MR) is 128 cm³/mol. The Balaban J connectivity index is 1.41. The summed E-state index contributed by atoms with van der Waals surface area (Å²) in [6.45, 7) is 3.72. The van der Waals surface area contributed by atoms with Crippen LogP contribution in [0.5, 0.6) is 0 Å². The van der Waals surface area contributed by atoms with Gasteiger partial charge in [-0.3, -0.25) is 9.59 Å². The number of aliphatic carboxylic acids is 1. The molecule has 2 amide bonds. The van der Waals surface area contributed by atoms with Gasteiger partial charge in [-0.1, -0.05) is 61.4 Å². The van der Waals surface area contributed by atoms with E-state index < -0.39 is 23.5 Å². The third-order valence-electron chi connectivity index (χ3n) is 7.22. The van der Waals surface area contributed by atoms with Gasteiger partial charge in [0.1, 0.15) is 6.61 Å². The normalized spacial score (nSPS) is 22.2. The smallest absolute Gasteiger partial charge is 0.407 e. The number of carbonyl (C=O) groups excluding carboxylic acids is 2. The molecule has 2 aromatic rings. The highest BCUT2D eigenvalue weighted by Crippen LogP contribution is 2.44. The van der Waals surface area contributed by atoms with Crippen molar-refractivity contribution in [3.05, 3.63) is 59.7 Å². The van der Waals surface area contributed by atoms with Crippen molar-refractivity contribution < 1.29 is 24.2 Å². The number of hydrogen-bond acceptors (Lipinski definition) is 4. The van der Waals surface area contributed by atoms with Crippen LogP contribution in [0.15, 0.2) is 48.5 Å². The summed E-state index contributed by atoms with van der Waals surface area (Å²) in [5.74, 6) is -1.23. The average molecular weight is 465 g/mol. The molecule has 0 aliphatic heterocycles. The summed E-state index contributed by atoms with van der Waals surface area (Å²) < 4.78 is 5.69. The summed E-state index contributed by atoms with van der Waals surface area (Å²) in [6, 6.07) is 15.5. The molecule has 1 fully saturated rings. The van der Waals surface area contributed by atoms with E-state index in [1.165, 1.54) is 11.1 Å². The van der Waals surface area contributed by atoms with Crippen LogP contribution in [0, 0.1) is 5.41 Å². The van der Waals surface area contributed by atoms with Crippen molar-refractivity contribution in [1.82, 2.24) is 10.6 Å². The number of rotatable bonds is 7. The van der Waals surface area contributed by atoms with Gasteiger partial charge in [-0.2, -0.15) is 0 Å². The first-order valence-electron chi connectivity index (χ1n) is 11.9. The zero-order chi connectivity index (χ0) is 24.3. The van der Waals surface area contributed by atoms with Crippen LogP contribution in [0.1, 0.15) is 63.0 Å². The van der Waals surface area contributed by atoms with Gasteiger partial charge < -0.3 is 20.5 Å². The Bertz CT molecular complexity index is 1040. The molecule has 0 aromatic heterocycles. The van der Waals surface area contributed by atoms with Crippen LogP contribution < -0.4 is 10.6 Å². The van der Waals surface area contributed by atoms with Gasteiger partial charge in [-0.25, -0.2) is 4.79 Å². The maximum Gasteiger partial charge on any atom is 0.407 e. The number of carboxylic acid groups (broad SMARTS) is 1. The lowest BCUT2D eigenvalue weighted by Gasteiger charge is -2.40. The first-order valence-corrected chi connectivity index (χ1v) is 11.9. The van der Waals surface area contributed by atoms with Crippen LogP contribution in [0.4, 0.5) is 4.79 Å². The minimum absolute atomic E-state index is 0.0314. The van der Waals surface area contributed by atoms with Crippen molar-refractivity contribution in [2.75, 3.05) is 6.61 Å². The number of ether oxygens (including phenoxy) is 1. The summed E-state index contributed by atoms with van der Waals surface area (Å²) in [4.78, 5) is 36.8. The first kappa shape index (κ1) is 23.8. The monoisotopic (exact) mass is 464 g/mol. The van der Waals surface area contributed by atoms with Gasteiger partial charge in [0.25, 0.3) is 0 Å². The summed E-state index contributed by atoms with van der Waals surface area (Å²) in [5, 5.41) is 14.7. The van der Waals surface area contributed by atoms with Gasteiger partial charge in [-0.15, -0.1) is 0 Å². The summed E-state index contributed by atoms with van der Waals surface area (Å²) in [5.41, 5.74) is 3.80. The fourth-order valence-electron chi connectivity index (χ4n) is 5.32. The van der Waals surface area contributed by atoms with E-state index in [1.54, 1.807) is 6.92 Å². The van der Waals surface area contributed by atoms with Crippen LogP contribution in [-0.2, 0) is 14.3 Å². The number of benzene rings is 2. The van der Waals surface area contributed by atoms with E-state index >= 15 is 0 Å². The molecule has 1 saturated carbocycles. The van der Waals surface area contributed by atoms with Gasteiger partial charge in [0.15, 0.2) is 0 Å². The predicted octanol–water partition coefficient (Wildman–Crippen LogP) is 4.45. The van der Waals surface area contributed by atoms with Gasteiger partial charge >= 0.3 is 12.1 Å². The SMILES string of the molecule is C[C@H](CC(=O)O)NC(=O)C1(C)CCCCC1NC(=O)OCC1c2ccccc2-c2ccccc21. The number of carboxylic acids is 1. The summed E-state index contributed by atoms with van der Waals surface area (Å²) >= 11 is 0. The molecular weight excluding hydrogens is 432 g/mol. The van der Waals surface area contributed by atoms with Crippen molar-refractivity contribution in [3.8, 4) is 11.1 Å². The molecule has 0 saturated heterocycles. The lowest BCUT2D eigenvalue weighted by Crippen LogP contribution is -2.57. The average Bonchev–Trinajstić information content (AvgIpc) is 3.12. The van der Waals surface area contributed by atoms with Crippen molar-refractivity contribution in [1.29, 1.82) is 0 Å². The molecule has 2 aliphatic carbocycles. The molecular formula is C27H32N2O5. The number of nitrogens with one attached hydrogen (secondary N) is 2. The fraction of sp³-hybridized carbons (Fsp3) is 0.444. The lowest BCUT2D eigenvalue weighted by atomic mass is 9.71. The molecule has 2 aromatic carbocycles. The highest BCUT2D eigenvalue weighted by Gasteiger charge is 2.44. The van der Waals surface area contributed by atoms with Crippen LogP contribution in [0.3, 0.4) is 0 Å². The molecule has 0 heterocycles. The summed E-state index contributed by atoms with van der Waals surface area (Å²) in [6.07, 6.45) is 2.38. The molecule has 0 radical (unpaired) electrons. The van der Waals surface area contributed by atoms with E-state index in [-0.39, 0.29) is 30.9 Å². The van der Waals surface area contributed by atoms with E-state index in [9.17, 15) is 14.4 Å². The second-order valence-corrected chi connectivity index (χ2v) is 9.66. The van der Waals surface area contributed by atoms with Gasteiger partial charge in [0.05, 0.1) is 11.8 Å². The zero-order valence-electron chi connectivity index (χ0n) is 19.7. The fourth-order valence-corrected chi connectivity index (χ4v) is 5.32. The molecule has 2 unspecified atom stereocenters. The minimum Gasteiger partial charge on any atom is -0.481 e. The lowest BCUT2D eigenvalue weighted by molar-refractivity contribution is -0.138. The number of fused-ring (bicyclic) bond motifs is 3. The third-order valence-corrected chi connectivity index (χ3v) is 7.22. The van der Waals surface area contributed by atoms with E-state index in [0.717, 1.165) is 24.0 Å². The molecule has 3 N–H and O–H groups in total. The Morgan fingerprint density at radius 3 is 2.29 bits per heavy atom. The molecule has 180 valence electrons. The maximum atomic E-state index is 13.0. The Morgan fingerprint density at radius 1 is 1.06 bits per heavy atom. The van der Waals surface area contributed by atoms with E-state index in [0.29, 0.717) is 12.8 Å². The van der Waals surface area contributed by atoms with Crippen molar-refractivity contribution >= 4 is 18.0 Å². The second-order valence-electron chi connectivity index (χ2n) is 9.66. The Morgan fingerprint density at radius 2 is 1.68 bits per heavy atom. The van der Waals surface area contributed by atoms with Crippen molar-refractivity contribution in [2.45, 2.75) is 64.0 Å². The Kier molecular flexibility index (Phi) is 6.91. The first-order chi connectivity index (χ1) is 16.3. The molecule has 7 heteroatoms. The number of amides is 2. The van der Waals surface area contributed by atoms with Crippen molar-refractivity contribution in [3.63, 3.8) is 0 Å². The highest BCUT2D eigenvalue weighted by atomic mass is 16.5. The van der Waals surface area contributed by atoms with Crippen LogP contribution in [0.25, 0.3) is 11.1 Å². The van der Waals surface area contributed by atoms with E-state index in [1.807, 2.05) is 31.2 Å². The molecule has 34 heavy (non-hydrogen) atoms.